The van der Waals surface area contributed by atoms with Crippen LogP contribution in [0.4, 0.5) is 0 Å². The van der Waals surface area contributed by atoms with Crippen molar-refractivity contribution in [2.24, 2.45) is 11.8 Å². The number of piperidine rings is 4. The third kappa shape index (κ3) is 6.81. The van der Waals surface area contributed by atoms with Gasteiger partial charge >= 0.3 is 0 Å². The molecule has 6 aliphatic rings. The Labute approximate surface area is 212 Å². The van der Waals surface area contributed by atoms with Crippen LogP contribution in [0.25, 0.3) is 0 Å². The van der Waals surface area contributed by atoms with E-state index in [1.807, 2.05) is 0 Å². The van der Waals surface area contributed by atoms with Crippen LogP contribution in [0.15, 0.2) is 0 Å². The molecule has 0 saturated carbocycles. The number of hydrogen-bond acceptors (Lipinski definition) is 7. The van der Waals surface area contributed by atoms with Crippen molar-refractivity contribution >= 4 is 17.3 Å². The first kappa shape index (κ1) is 25.1. The van der Waals surface area contributed by atoms with Gasteiger partial charge in [0.2, 0.25) is 0 Å². The van der Waals surface area contributed by atoms with Crippen molar-refractivity contribution in [3.8, 4) is 0 Å². The molecule has 8 nitrogen and oxygen atoms in total. The summed E-state index contributed by atoms with van der Waals surface area (Å²) in [6, 6.07) is 0.642. The lowest BCUT2D eigenvalue weighted by atomic mass is 9.75. The van der Waals surface area contributed by atoms with Gasteiger partial charge in [0.05, 0.1) is 19.4 Å². The zero-order chi connectivity index (χ0) is 23.2. The fraction of sp³-hybridized carbons (Fsp3) is 0.960. The Morgan fingerprint density at radius 1 is 0.912 bits per heavy atom. The van der Waals surface area contributed by atoms with Crippen LogP contribution in [0.5, 0.6) is 0 Å². The minimum absolute atomic E-state index is 0.640. The van der Waals surface area contributed by atoms with Gasteiger partial charge in [-0.05, 0) is 69.2 Å². The molecule has 2 bridgehead atoms. The van der Waals surface area contributed by atoms with Crippen LogP contribution in [0.2, 0.25) is 0 Å². The summed E-state index contributed by atoms with van der Waals surface area (Å²) in [7, 11) is 0. The van der Waals surface area contributed by atoms with Crippen molar-refractivity contribution in [3.05, 3.63) is 0 Å². The van der Waals surface area contributed by atoms with E-state index in [0.29, 0.717) is 12.2 Å². The average molecular weight is 494 g/mol. The number of nitrogens with zero attached hydrogens (tertiary/aromatic N) is 4. The maximum atomic E-state index is 5.56. The first-order valence-corrected chi connectivity index (χ1v) is 14.4. The summed E-state index contributed by atoms with van der Waals surface area (Å²) in [5.41, 5.74) is 0. The zero-order valence-corrected chi connectivity index (χ0v) is 21.9. The SMILES string of the molecule is S=C(NCCN1CCOCC1)NCC1CC2CCN1CC2CN1CCN(C2CCCCN2)CC1. The smallest absolute Gasteiger partial charge is 0.166 e. The second-order valence-corrected chi connectivity index (χ2v) is 11.5. The van der Waals surface area contributed by atoms with E-state index >= 15 is 0 Å². The average Bonchev–Trinajstić information content (AvgIpc) is 2.90. The van der Waals surface area contributed by atoms with E-state index in [0.717, 1.165) is 62.9 Å². The summed E-state index contributed by atoms with van der Waals surface area (Å²) in [4.78, 5) is 10.6. The van der Waals surface area contributed by atoms with Gasteiger partial charge in [-0.3, -0.25) is 14.7 Å². The molecule has 0 aliphatic carbocycles. The van der Waals surface area contributed by atoms with Crippen LogP contribution >= 0.6 is 12.2 Å². The molecule has 3 N–H and O–H groups in total. The third-order valence-electron chi connectivity index (χ3n) is 8.95. The van der Waals surface area contributed by atoms with E-state index in [1.54, 1.807) is 0 Å². The normalized spacial score (nSPS) is 35.8. The summed E-state index contributed by atoms with van der Waals surface area (Å²) in [5, 5.41) is 11.5. The molecule has 6 saturated heterocycles. The molecule has 0 aromatic heterocycles. The van der Waals surface area contributed by atoms with E-state index in [9.17, 15) is 0 Å². The first-order valence-electron chi connectivity index (χ1n) is 14.0. The zero-order valence-electron chi connectivity index (χ0n) is 21.1. The van der Waals surface area contributed by atoms with Gasteiger partial charge in [-0.25, -0.2) is 0 Å². The molecule has 5 atom stereocenters. The predicted molar refractivity (Wildman–Crippen MR) is 141 cm³/mol. The first-order chi connectivity index (χ1) is 16.7. The molecule has 6 rings (SSSR count). The van der Waals surface area contributed by atoms with Crippen molar-refractivity contribution in [3.63, 3.8) is 0 Å². The van der Waals surface area contributed by atoms with Crippen molar-refractivity contribution in [2.75, 3.05) is 98.3 Å². The lowest BCUT2D eigenvalue weighted by Crippen LogP contribution is -2.60. The minimum Gasteiger partial charge on any atom is -0.379 e. The van der Waals surface area contributed by atoms with E-state index in [4.69, 9.17) is 17.0 Å². The van der Waals surface area contributed by atoms with Crippen LogP contribution in [-0.2, 0) is 4.74 Å². The highest BCUT2D eigenvalue weighted by Crippen LogP contribution is 2.36. The van der Waals surface area contributed by atoms with Crippen LogP contribution < -0.4 is 16.0 Å². The number of fused-ring (bicyclic) bond motifs is 3. The standard InChI is InChI=1S/C25H47N7OS/c34-25(27-6-8-29-13-15-33-16-14-29)28-18-23-17-21-4-7-32(23)20-22(21)19-30-9-11-31(12-10-30)24-3-1-2-5-26-24/h21-24,26H,1-20H2,(H2,27,28,34). The number of rotatable bonds is 8. The van der Waals surface area contributed by atoms with Crippen molar-refractivity contribution in [2.45, 2.75) is 44.3 Å². The highest BCUT2D eigenvalue weighted by atomic mass is 32.1. The Morgan fingerprint density at radius 3 is 2.50 bits per heavy atom. The minimum atomic E-state index is 0.640. The second kappa shape index (κ2) is 12.6. The Balaban J connectivity index is 0.975. The van der Waals surface area contributed by atoms with Gasteiger partial charge in [-0.2, -0.15) is 0 Å². The molecule has 34 heavy (non-hydrogen) atoms. The van der Waals surface area contributed by atoms with E-state index in [-0.39, 0.29) is 0 Å². The lowest BCUT2D eigenvalue weighted by molar-refractivity contribution is -0.0201. The molecule has 9 heteroatoms. The second-order valence-electron chi connectivity index (χ2n) is 11.1. The number of hydrogen-bond donors (Lipinski definition) is 3. The fourth-order valence-electron chi connectivity index (χ4n) is 6.83. The Bertz CT molecular complexity index is 635. The number of morpholine rings is 1. The van der Waals surface area contributed by atoms with Crippen LogP contribution in [0, 0.1) is 11.8 Å². The van der Waals surface area contributed by atoms with Gasteiger partial charge in [-0.1, -0.05) is 0 Å². The van der Waals surface area contributed by atoms with Crippen molar-refractivity contribution < 1.29 is 4.74 Å². The quantitative estimate of drug-likeness (QED) is 0.412. The molecular formula is C25H47N7OS. The predicted octanol–water partition coefficient (Wildman–Crippen LogP) is 0.210. The van der Waals surface area contributed by atoms with E-state index in [2.05, 4.69) is 35.6 Å². The van der Waals surface area contributed by atoms with Gasteiger partial charge in [0, 0.05) is 78.0 Å². The van der Waals surface area contributed by atoms with Gasteiger partial charge in [0.25, 0.3) is 0 Å². The van der Waals surface area contributed by atoms with Crippen molar-refractivity contribution in [1.82, 2.24) is 35.6 Å². The largest absolute Gasteiger partial charge is 0.379 e. The molecule has 6 aliphatic heterocycles. The summed E-state index contributed by atoms with van der Waals surface area (Å²) in [5.74, 6) is 1.74. The molecule has 0 aromatic rings. The van der Waals surface area contributed by atoms with Gasteiger partial charge < -0.3 is 25.6 Å². The summed E-state index contributed by atoms with van der Waals surface area (Å²) >= 11 is 5.56. The molecule has 6 fully saturated rings. The van der Waals surface area contributed by atoms with Crippen molar-refractivity contribution in [1.29, 1.82) is 0 Å². The Hall–Kier alpha value is -0.550. The maximum Gasteiger partial charge on any atom is 0.166 e. The highest BCUT2D eigenvalue weighted by molar-refractivity contribution is 7.80. The third-order valence-corrected chi connectivity index (χ3v) is 9.24. The van der Waals surface area contributed by atoms with Gasteiger partial charge in [0.1, 0.15) is 0 Å². The monoisotopic (exact) mass is 493 g/mol. The molecule has 6 heterocycles. The van der Waals surface area contributed by atoms with E-state index in [1.165, 1.54) is 84.5 Å². The van der Waals surface area contributed by atoms with Crippen LogP contribution in [-0.4, -0.2) is 135 Å². The highest BCUT2D eigenvalue weighted by Gasteiger charge is 2.40. The van der Waals surface area contributed by atoms with Gasteiger partial charge in [0.15, 0.2) is 5.11 Å². The Morgan fingerprint density at radius 2 is 1.76 bits per heavy atom. The number of thiocarbonyl (C=S) groups is 1. The molecule has 5 unspecified atom stereocenters. The molecule has 194 valence electrons. The van der Waals surface area contributed by atoms with E-state index < -0.39 is 0 Å². The molecule has 0 radical (unpaired) electrons. The fourth-order valence-corrected chi connectivity index (χ4v) is 7.01. The number of nitrogens with one attached hydrogen (secondary N) is 3. The molecule has 0 aromatic carbocycles. The van der Waals surface area contributed by atoms with Crippen LogP contribution in [0.3, 0.4) is 0 Å². The number of piperazine rings is 1. The maximum absolute atomic E-state index is 5.56. The summed E-state index contributed by atoms with van der Waals surface area (Å²) in [6.07, 6.45) is 7.44. The molecule has 0 spiro atoms. The summed E-state index contributed by atoms with van der Waals surface area (Å²) in [6.45, 7) is 16.7. The lowest BCUT2D eigenvalue weighted by Gasteiger charge is -2.51. The topological polar surface area (TPSA) is 58.3 Å². The summed E-state index contributed by atoms with van der Waals surface area (Å²) < 4.78 is 5.42. The van der Waals surface area contributed by atoms with Crippen LogP contribution in [0.1, 0.15) is 32.1 Å². The Kier molecular flexibility index (Phi) is 9.31. The molecular weight excluding hydrogens is 446 g/mol. The molecule has 0 amide bonds. The number of ether oxygens (including phenoxy) is 1. The van der Waals surface area contributed by atoms with Gasteiger partial charge in [-0.15, -0.1) is 0 Å².